The summed E-state index contributed by atoms with van der Waals surface area (Å²) in [6, 6.07) is 35.4. The maximum Gasteiger partial charge on any atom is 0.319 e. The Hall–Kier alpha value is -4.01. The molecule has 4 aromatic rings. The van der Waals surface area contributed by atoms with Crippen molar-refractivity contribution in [3.63, 3.8) is 0 Å². The highest BCUT2D eigenvalue weighted by molar-refractivity contribution is 5.89. The van der Waals surface area contributed by atoms with Gasteiger partial charge < -0.3 is 25.2 Å². The first-order valence-electron chi connectivity index (χ1n) is 14.0. The van der Waals surface area contributed by atoms with Crippen molar-refractivity contribution >= 4 is 11.7 Å². The Morgan fingerprint density at radius 1 is 0.829 bits per heavy atom. The van der Waals surface area contributed by atoms with Gasteiger partial charge in [-0.1, -0.05) is 97.1 Å². The number of nitrogens with zero attached hydrogens (tertiary/aromatic N) is 1. The lowest BCUT2D eigenvalue weighted by Gasteiger charge is -2.38. The first-order chi connectivity index (χ1) is 20.1. The molecule has 7 heteroatoms. The van der Waals surface area contributed by atoms with Crippen molar-refractivity contribution in [2.24, 2.45) is 0 Å². The van der Waals surface area contributed by atoms with Crippen LogP contribution in [0.2, 0.25) is 0 Å². The number of carbonyl (C=O) groups excluding carboxylic acids is 1. The van der Waals surface area contributed by atoms with Gasteiger partial charge in [0.1, 0.15) is 0 Å². The Bertz CT molecular complexity index is 1380. The van der Waals surface area contributed by atoms with E-state index in [1.165, 1.54) is 5.56 Å². The van der Waals surface area contributed by atoms with E-state index >= 15 is 0 Å². The van der Waals surface area contributed by atoms with Crippen LogP contribution in [0.5, 0.6) is 0 Å². The number of urea groups is 1. The summed E-state index contributed by atoms with van der Waals surface area (Å²) in [6.07, 6.45) is -0.151. The van der Waals surface area contributed by atoms with E-state index in [0.717, 1.165) is 35.3 Å². The number of ether oxygens (including phenoxy) is 2. The number of benzene rings is 4. The van der Waals surface area contributed by atoms with E-state index in [9.17, 15) is 9.90 Å². The van der Waals surface area contributed by atoms with Gasteiger partial charge in [0.05, 0.1) is 18.8 Å². The number of hydrogen-bond donors (Lipinski definition) is 3. The lowest BCUT2D eigenvalue weighted by atomic mass is 9.99. The first-order valence-corrected chi connectivity index (χ1v) is 14.0. The van der Waals surface area contributed by atoms with E-state index in [0.29, 0.717) is 18.7 Å². The Morgan fingerprint density at radius 2 is 1.54 bits per heavy atom. The largest absolute Gasteiger partial charge is 0.392 e. The van der Waals surface area contributed by atoms with Gasteiger partial charge in [0.2, 0.25) is 0 Å². The number of anilines is 1. The minimum absolute atomic E-state index is 0.00314. The molecule has 1 heterocycles. The summed E-state index contributed by atoms with van der Waals surface area (Å²) in [5, 5.41) is 15.3. The number of hydrogen-bond acceptors (Lipinski definition) is 5. The Labute approximate surface area is 241 Å². The first kappa shape index (κ1) is 28.5. The summed E-state index contributed by atoms with van der Waals surface area (Å²) >= 11 is 0. The molecule has 41 heavy (non-hydrogen) atoms. The average Bonchev–Trinajstić information content (AvgIpc) is 3.01. The molecule has 0 spiro atoms. The highest BCUT2D eigenvalue weighted by atomic mass is 16.7. The number of carbonyl (C=O) groups is 1. The monoisotopic (exact) mass is 551 g/mol. The van der Waals surface area contributed by atoms with Crippen LogP contribution in [0.4, 0.5) is 10.5 Å². The van der Waals surface area contributed by atoms with E-state index in [1.54, 1.807) is 0 Å². The summed E-state index contributed by atoms with van der Waals surface area (Å²) in [6.45, 7) is 2.00. The average molecular weight is 552 g/mol. The zero-order valence-corrected chi connectivity index (χ0v) is 23.3. The number of rotatable bonds is 10. The van der Waals surface area contributed by atoms with Crippen molar-refractivity contribution < 1.29 is 19.4 Å². The van der Waals surface area contributed by atoms with Gasteiger partial charge in [-0.15, -0.1) is 0 Å². The minimum Gasteiger partial charge on any atom is -0.392 e. The van der Waals surface area contributed by atoms with Crippen LogP contribution >= 0.6 is 0 Å². The maximum absolute atomic E-state index is 12.6. The van der Waals surface area contributed by atoms with Crippen LogP contribution < -0.4 is 10.6 Å². The van der Waals surface area contributed by atoms with Gasteiger partial charge in [0.25, 0.3) is 0 Å². The molecule has 0 bridgehead atoms. The Balaban J connectivity index is 1.28. The fourth-order valence-electron chi connectivity index (χ4n) is 5.06. The van der Waals surface area contributed by atoms with E-state index in [4.69, 9.17) is 9.47 Å². The Morgan fingerprint density at radius 3 is 2.24 bits per heavy atom. The molecule has 0 radical (unpaired) electrons. The van der Waals surface area contributed by atoms with E-state index in [2.05, 4.69) is 46.8 Å². The molecule has 212 valence electrons. The molecule has 1 aliphatic rings. The van der Waals surface area contributed by atoms with Gasteiger partial charge in [0.15, 0.2) is 6.29 Å². The fourth-order valence-corrected chi connectivity index (χ4v) is 5.06. The minimum atomic E-state index is -0.601. The molecule has 7 nitrogen and oxygen atoms in total. The molecule has 1 saturated heterocycles. The highest BCUT2D eigenvalue weighted by Crippen LogP contribution is 2.38. The molecule has 0 aliphatic carbocycles. The number of likely N-dealkylation sites (N-methyl/N-ethyl adjacent to an activating group) is 1. The molecule has 0 unspecified atom stereocenters. The Kier molecular flexibility index (Phi) is 9.78. The van der Waals surface area contributed by atoms with Crippen LogP contribution in [0.25, 0.3) is 0 Å². The van der Waals surface area contributed by atoms with Crippen LogP contribution in [0, 0.1) is 0 Å². The van der Waals surface area contributed by atoms with Crippen LogP contribution in [0.3, 0.4) is 0 Å². The molecule has 0 aromatic heterocycles. The molecule has 2 amide bonds. The summed E-state index contributed by atoms with van der Waals surface area (Å²) in [7, 11) is 2.10. The molecule has 3 N–H and O–H groups in total. The zero-order valence-electron chi connectivity index (χ0n) is 23.3. The molecule has 1 fully saturated rings. The third-order valence-corrected chi connectivity index (χ3v) is 7.14. The van der Waals surface area contributed by atoms with Crippen molar-refractivity contribution in [3.8, 4) is 0 Å². The van der Waals surface area contributed by atoms with Gasteiger partial charge in [-0.05, 0) is 41.4 Å². The highest BCUT2D eigenvalue weighted by Gasteiger charge is 2.33. The van der Waals surface area contributed by atoms with Crippen LogP contribution in [0.1, 0.15) is 46.6 Å². The SMILES string of the molecule is CN(Cc1ccccc1)C[C@@H]1C[C@H](c2ccc(CO)cc2)O[C@H](c2cccc(NC(=O)NCc3ccccc3)c2)O1. The predicted molar refractivity (Wildman–Crippen MR) is 160 cm³/mol. The third-order valence-electron chi connectivity index (χ3n) is 7.14. The third kappa shape index (κ3) is 8.25. The maximum atomic E-state index is 12.6. The zero-order chi connectivity index (χ0) is 28.4. The van der Waals surface area contributed by atoms with Crippen molar-refractivity contribution in [1.29, 1.82) is 0 Å². The smallest absolute Gasteiger partial charge is 0.319 e. The summed E-state index contributed by atoms with van der Waals surface area (Å²) in [5.74, 6) is 0. The lowest BCUT2D eigenvalue weighted by Crippen LogP contribution is -2.37. The number of amides is 2. The van der Waals surface area contributed by atoms with Gasteiger partial charge >= 0.3 is 6.03 Å². The van der Waals surface area contributed by atoms with Crippen molar-refractivity contribution in [1.82, 2.24) is 10.2 Å². The second-order valence-corrected chi connectivity index (χ2v) is 10.5. The van der Waals surface area contributed by atoms with Crippen molar-refractivity contribution in [2.45, 2.75) is 44.6 Å². The normalized spacial score (nSPS) is 18.7. The molecular weight excluding hydrogens is 514 g/mol. The standard InChI is InChI=1S/C34H37N3O4/c1-37(22-26-11-6-3-7-12-26)23-31-20-32(28-17-15-27(24-38)16-18-28)41-33(40-31)29-13-8-14-30(19-29)36-34(39)35-21-25-9-4-2-5-10-25/h2-19,31-33,38H,20-24H2,1H3,(H2,35,36,39)/t31-,32+,33+/m0/s1. The molecule has 0 saturated carbocycles. The molecule has 4 aromatic carbocycles. The fraction of sp³-hybridized carbons (Fsp3) is 0.265. The number of aliphatic hydroxyl groups is 1. The lowest BCUT2D eigenvalue weighted by molar-refractivity contribution is -0.252. The molecule has 5 rings (SSSR count). The van der Waals surface area contributed by atoms with Crippen LogP contribution in [0.15, 0.2) is 109 Å². The molecule has 3 atom stereocenters. The number of nitrogens with one attached hydrogen (secondary N) is 2. The van der Waals surface area contributed by atoms with Crippen molar-refractivity contribution in [2.75, 3.05) is 18.9 Å². The summed E-state index contributed by atoms with van der Waals surface area (Å²) in [5.41, 5.74) is 5.67. The van der Waals surface area contributed by atoms with E-state index in [-0.39, 0.29) is 24.8 Å². The van der Waals surface area contributed by atoms with Gasteiger partial charge in [-0.2, -0.15) is 0 Å². The second-order valence-electron chi connectivity index (χ2n) is 10.5. The van der Waals surface area contributed by atoms with Gasteiger partial charge in [-0.3, -0.25) is 4.90 Å². The summed E-state index contributed by atoms with van der Waals surface area (Å²) < 4.78 is 13.0. The quantitative estimate of drug-likeness (QED) is 0.219. The van der Waals surface area contributed by atoms with Crippen LogP contribution in [-0.2, 0) is 29.2 Å². The van der Waals surface area contributed by atoms with Crippen molar-refractivity contribution in [3.05, 3.63) is 137 Å². The molecular formula is C34H37N3O4. The van der Waals surface area contributed by atoms with Gasteiger partial charge in [-0.25, -0.2) is 4.79 Å². The van der Waals surface area contributed by atoms with Gasteiger partial charge in [0, 0.05) is 37.3 Å². The van der Waals surface area contributed by atoms with E-state index in [1.807, 2.05) is 84.9 Å². The predicted octanol–water partition coefficient (Wildman–Crippen LogP) is 6.18. The molecule has 1 aliphatic heterocycles. The topological polar surface area (TPSA) is 83.1 Å². The summed E-state index contributed by atoms with van der Waals surface area (Å²) in [4.78, 5) is 14.8. The van der Waals surface area contributed by atoms with Crippen LogP contribution in [-0.4, -0.2) is 35.7 Å². The number of aliphatic hydroxyl groups excluding tert-OH is 1. The van der Waals surface area contributed by atoms with E-state index < -0.39 is 6.29 Å². The second kappa shape index (κ2) is 14.1.